The van der Waals surface area contributed by atoms with Crippen molar-refractivity contribution in [1.82, 2.24) is 19.7 Å². The maximum Gasteiger partial charge on any atom is 0.393 e. The van der Waals surface area contributed by atoms with Crippen molar-refractivity contribution in [3.63, 3.8) is 0 Å². The van der Waals surface area contributed by atoms with E-state index in [1.807, 2.05) is 30.3 Å². The molecule has 1 saturated heterocycles. The molecule has 144 valence electrons. The smallest absolute Gasteiger partial charge is 0.333 e. The largest absolute Gasteiger partial charge is 0.393 e. The van der Waals surface area contributed by atoms with Crippen LogP contribution in [-0.4, -0.2) is 44.3 Å². The number of halogens is 4. The molecule has 2 aliphatic rings. The Morgan fingerprint density at radius 1 is 1.22 bits per heavy atom. The Bertz CT molecular complexity index is 851. The third-order valence-electron chi connectivity index (χ3n) is 5.48. The summed E-state index contributed by atoms with van der Waals surface area (Å²) in [4.78, 5) is 17.8. The lowest BCUT2D eigenvalue weighted by molar-refractivity contribution is -0.177. The van der Waals surface area contributed by atoms with E-state index in [1.54, 1.807) is 0 Å². The second kappa shape index (κ2) is 6.31. The van der Waals surface area contributed by atoms with Crippen LogP contribution in [0.3, 0.4) is 0 Å². The summed E-state index contributed by atoms with van der Waals surface area (Å²) in [6.45, 7) is 1.35. The minimum atomic E-state index is -4.36. The molecule has 1 aromatic heterocycles. The molecule has 1 amide bonds. The van der Waals surface area contributed by atoms with Gasteiger partial charge < -0.3 is 4.90 Å². The molecule has 2 aliphatic heterocycles. The molecule has 0 aliphatic carbocycles. The van der Waals surface area contributed by atoms with E-state index >= 15 is 0 Å². The number of fused-ring (bicyclic) bond motifs is 1. The monoisotopic (exact) mass is 382 g/mol. The standard InChI is InChI=1S/C18H18F4N4O/c1-10-12(18(20,21)22)7-8-25(10)17(27)15-23-16-13(19)9-14(26(16)24-15)11-5-3-2-4-6-11/h2-6,10,12-14H,7-9H2,1H3. The predicted octanol–water partition coefficient (Wildman–Crippen LogP) is 3.69. The molecule has 9 heteroatoms. The topological polar surface area (TPSA) is 51.0 Å². The van der Waals surface area contributed by atoms with E-state index in [9.17, 15) is 22.4 Å². The van der Waals surface area contributed by atoms with Gasteiger partial charge in [0.2, 0.25) is 5.82 Å². The quantitative estimate of drug-likeness (QED) is 0.745. The molecule has 0 radical (unpaired) electrons. The van der Waals surface area contributed by atoms with Gasteiger partial charge in [-0.15, -0.1) is 5.10 Å². The molecule has 1 aromatic carbocycles. The maximum absolute atomic E-state index is 14.4. The Kier molecular flexibility index (Phi) is 4.20. The molecule has 0 spiro atoms. The summed E-state index contributed by atoms with van der Waals surface area (Å²) in [6, 6.07) is 7.79. The van der Waals surface area contributed by atoms with Crippen molar-refractivity contribution in [1.29, 1.82) is 0 Å². The minimum absolute atomic E-state index is 0.0186. The number of alkyl halides is 4. The fourth-order valence-corrected chi connectivity index (χ4v) is 4.01. The lowest BCUT2D eigenvalue weighted by Gasteiger charge is -2.25. The summed E-state index contributed by atoms with van der Waals surface area (Å²) >= 11 is 0. The molecule has 4 unspecified atom stereocenters. The average molecular weight is 382 g/mol. The second-order valence-electron chi connectivity index (χ2n) is 7.04. The number of carbonyl (C=O) groups excluding carboxylic acids is 1. The van der Waals surface area contributed by atoms with Crippen LogP contribution in [0.15, 0.2) is 30.3 Å². The third kappa shape index (κ3) is 2.98. The number of rotatable bonds is 2. The van der Waals surface area contributed by atoms with Crippen LogP contribution in [0, 0.1) is 5.92 Å². The van der Waals surface area contributed by atoms with E-state index in [4.69, 9.17) is 0 Å². The Morgan fingerprint density at radius 2 is 1.93 bits per heavy atom. The summed E-state index contributed by atoms with van der Waals surface area (Å²) in [5, 5.41) is 4.16. The van der Waals surface area contributed by atoms with Crippen molar-refractivity contribution < 1.29 is 22.4 Å². The van der Waals surface area contributed by atoms with Gasteiger partial charge in [0.15, 0.2) is 12.0 Å². The Hall–Kier alpha value is -2.45. The van der Waals surface area contributed by atoms with Crippen molar-refractivity contribution in [3.8, 4) is 0 Å². The summed E-state index contributed by atoms with van der Waals surface area (Å²) < 4.78 is 54.9. The molecule has 3 heterocycles. The number of likely N-dealkylation sites (tertiary alicyclic amines) is 1. The highest BCUT2D eigenvalue weighted by Gasteiger charge is 2.50. The minimum Gasteiger partial charge on any atom is -0.333 e. The fraction of sp³-hybridized carbons (Fsp3) is 0.500. The highest BCUT2D eigenvalue weighted by atomic mass is 19.4. The number of hydrogen-bond donors (Lipinski definition) is 0. The number of hydrogen-bond acceptors (Lipinski definition) is 3. The Labute approximate surface area is 153 Å². The fourth-order valence-electron chi connectivity index (χ4n) is 4.01. The van der Waals surface area contributed by atoms with Crippen LogP contribution in [0.2, 0.25) is 0 Å². The van der Waals surface area contributed by atoms with Crippen LogP contribution in [0.25, 0.3) is 0 Å². The van der Waals surface area contributed by atoms with Gasteiger partial charge in [0.25, 0.3) is 5.91 Å². The number of amides is 1. The first-order valence-corrected chi connectivity index (χ1v) is 8.80. The molecule has 4 atom stereocenters. The predicted molar refractivity (Wildman–Crippen MR) is 87.7 cm³/mol. The molecule has 0 bridgehead atoms. The van der Waals surface area contributed by atoms with E-state index < -0.39 is 30.2 Å². The summed E-state index contributed by atoms with van der Waals surface area (Å²) in [7, 11) is 0. The molecular formula is C18H18F4N4O. The summed E-state index contributed by atoms with van der Waals surface area (Å²) in [5.41, 5.74) is 0.842. The zero-order chi connectivity index (χ0) is 19.3. The van der Waals surface area contributed by atoms with Gasteiger partial charge >= 0.3 is 6.18 Å². The highest BCUT2D eigenvalue weighted by Crippen LogP contribution is 2.41. The van der Waals surface area contributed by atoms with Crippen molar-refractivity contribution in [2.45, 2.75) is 44.2 Å². The highest BCUT2D eigenvalue weighted by molar-refractivity contribution is 5.91. The maximum atomic E-state index is 14.4. The summed E-state index contributed by atoms with van der Waals surface area (Å²) in [5.74, 6) is -2.45. The molecule has 27 heavy (non-hydrogen) atoms. The second-order valence-corrected chi connectivity index (χ2v) is 7.04. The molecule has 0 N–H and O–H groups in total. The van der Waals surface area contributed by atoms with E-state index in [-0.39, 0.29) is 37.1 Å². The first-order chi connectivity index (χ1) is 12.8. The third-order valence-corrected chi connectivity index (χ3v) is 5.48. The van der Waals surface area contributed by atoms with Gasteiger partial charge in [0.1, 0.15) is 0 Å². The normalized spacial score (nSPS) is 27.8. The first kappa shape index (κ1) is 17.9. The van der Waals surface area contributed by atoms with E-state index in [1.165, 1.54) is 11.6 Å². The molecule has 1 fully saturated rings. The molecule has 2 aromatic rings. The van der Waals surface area contributed by atoms with Gasteiger partial charge in [-0.1, -0.05) is 30.3 Å². The number of carbonyl (C=O) groups is 1. The van der Waals surface area contributed by atoms with Gasteiger partial charge in [-0.2, -0.15) is 13.2 Å². The van der Waals surface area contributed by atoms with Crippen molar-refractivity contribution in [2.24, 2.45) is 5.92 Å². The van der Waals surface area contributed by atoms with Crippen LogP contribution < -0.4 is 0 Å². The van der Waals surface area contributed by atoms with E-state index in [0.29, 0.717) is 0 Å². The molecule has 4 rings (SSSR count). The zero-order valence-corrected chi connectivity index (χ0v) is 14.5. The number of nitrogens with zero attached hydrogens (tertiary/aromatic N) is 4. The first-order valence-electron chi connectivity index (χ1n) is 8.80. The number of aromatic nitrogens is 3. The Balaban J connectivity index is 1.60. The van der Waals surface area contributed by atoms with Gasteiger partial charge in [0.05, 0.1) is 12.0 Å². The van der Waals surface area contributed by atoms with Crippen LogP contribution >= 0.6 is 0 Å². The van der Waals surface area contributed by atoms with Crippen LogP contribution in [0.5, 0.6) is 0 Å². The van der Waals surface area contributed by atoms with Crippen LogP contribution in [0.1, 0.15) is 54.0 Å². The molecule has 5 nitrogen and oxygen atoms in total. The van der Waals surface area contributed by atoms with E-state index in [0.717, 1.165) is 10.5 Å². The van der Waals surface area contributed by atoms with Gasteiger partial charge in [-0.25, -0.2) is 14.1 Å². The van der Waals surface area contributed by atoms with Gasteiger partial charge in [-0.05, 0) is 18.9 Å². The SMILES string of the molecule is CC1C(C(F)(F)F)CCN1C(=O)c1nc2n(n1)C(c1ccccc1)CC2F. The van der Waals surface area contributed by atoms with Crippen molar-refractivity contribution in [2.75, 3.05) is 6.54 Å². The number of benzene rings is 1. The molecular weight excluding hydrogens is 364 g/mol. The van der Waals surface area contributed by atoms with Gasteiger partial charge in [0, 0.05) is 19.0 Å². The van der Waals surface area contributed by atoms with Crippen molar-refractivity contribution in [3.05, 3.63) is 47.5 Å². The average Bonchev–Trinajstić information content (AvgIpc) is 3.29. The zero-order valence-electron chi connectivity index (χ0n) is 14.5. The van der Waals surface area contributed by atoms with Gasteiger partial charge in [-0.3, -0.25) is 4.79 Å². The summed E-state index contributed by atoms with van der Waals surface area (Å²) in [6.07, 6.45) is -5.71. The lowest BCUT2D eigenvalue weighted by atomic mass is 10.0. The van der Waals surface area contributed by atoms with Crippen LogP contribution in [-0.2, 0) is 0 Å². The van der Waals surface area contributed by atoms with Crippen LogP contribution in [0.4, 0.5) is 17.6 Å². The molecule has 0 saturated carbocycles. The Morgan fingerprint density at radius 3 is 2.56 bits per heavy atom. The van der Waals surface area contributed by atoms with E-state index in [2.05, 4.69) is 10.1 Å². The van der Waals surface area contributed by atoms with Crippen molar-refractivity contribution >= 4 is 5.91 Å². The lowest BCUT2D eigenvalue weighted by Crippen LogP contribution is -2.40.